The number of aromatic nitrogens is 1. The number of carbonyl (C=O) groups is 1. The molecule has 1 amide bonds. The van der Waals surface area contributed by atoms with E-state index in [9.17, 15) is 31.5 Å². The molecule has 2 heterocycles. The third-order valence-corrected chi connectivity index (χ3v) is 8.27. The summed E-state index contributed by atoms with van der Waals surface area (Å²) in [5.74, 6) is -0.754. The van der Waals surface area contributed by atoms with Crippen LogP contribution in [0.2, 0.25) is 0 Å². The number of nitrogens with one attached hydrogen (secondary N) is 2. The van der Waals surface area contributed by atoms with Crippen LogP contribution in [0.3, 0.4) is 0 Å². The number of amides is 1. The molecule has 1 saturated heterocycles. The Balaban J connectivity index is 1.44. The van der Waals surface area contributed by atoms with Crippen molar-refractivity contribution >= 4 is 11.6 Å². The van der Waals surface area contributed by atoms with Crippen LogP contribution in [0.5, 0.6) is 0 Å². The summed E-state index contributed by atoms with van der Waals surface area (Å²) in [4.78, 5) is 28.6. The van der Waals surface area contributed by atoms with Gasteiger partial charge >= 0.3 is 6.18 Å². The molecule has 2 N–H and O–H groups in total. The van der Waals surface area contributed by atoms with Crippen molar-refractivity contribution in [2.24, 2.45) is 0 Å². The molecule has 11 heteroatoms. The number of likely N-dealkylation sites (tertiary alicyclic amines) is 1. The van der Waals surface area contributed by atoms with Crippen molar-refractivity contribution in [3.05, 3.63) is 63.1 Å². The van der Waals surface area contributed by atoms with Gasteiger partial charge in [0.1, 0.15) is 5.54 Å². The van der Waals surface area contributed by atoms with Gasteiger partial charge in [-0.3, -0.25) is 9.59 Å². The topological polar surface area (TPSA) is 66.4 Å². The first-order valence-corrected chi connectivity index (χ1v) is 13.4. The van der Waals surface area contributed by atoms with E-state index in [2.05, 4.69) is 15.5 Å². The van der Waals surface area contributed by atoms with Crippen molar-refractivity contribution in [1.29, 1.82) is 0 Å². The van der Waals surface area contributed by atoms with E-state index in [1.165, 1.54) is 18.3 Å². The number of benzene rings is 1. The Hall–Kier alpha value is -2.95. The fourth-order valence-electron chi connectivity index (χ4n) is 5.44. The van der Waals surface area contributed by atoms with Crippen LogP contribution in [0.15, 0.2) is 35.3 Å². The maximum atomic E-state index is 13.9. The molecular formula is C28H33F5N4O2. The van der Waals surface area contributed by atoms with Gasteiger partial charge in [-0.15, -0.1) is 0 Å². The molecule has 0 bridgehead atoms. The molecule has 1 aromatic carbocycles. The fourth-order valence-corrected chi connectivity index (χ4v) is 5.44. The monoisotopic (exact) mass is 552 g/mol. The Bertz CT molecular complexity index is 1290. The minimum absolute atomic E-state index is 0.0120. The van der Waals surface area contributed by atoms with Gasteiger partial charge < -0.3 is 20.1 Å². The predicted molar refractivity (Wildman–Crippen MR) is 137 cm³/mol. The summed E-state index contributed by atoms with van der Waals surface area (Å²) in [6.07, 6.45) is -2.89. The molecular weight excluding hydrogens is 519 g/mol. The van der Waals surface area contributed by atoms with E-state index in [4.69, 9.17) is 0 Å². The van der Waals surface area contributed by atoms with Gasteiger partial charge in [-0.1, -0.05) is 12.1 Å². The lowest BCUT2D eigenvalue weighted by Gasteiger charge is -2.31. The summed E-state index contributed by atoms with van der Waals surface area (Å²) in [5.41, 5.74) is -2.16. The molecule has 5 rings (SSSR count). The third kappa shape index (κ3) is 5.69. The number of carbonyl (C=O) groups excluding carboxylic acids is 1. The molecule has 3 fully saturated rings. The van der Waals surface area contributed by atoms with Crippen LogP contribution in [-0.4, -0.2) is 48.0 Å². The van der Waals surface area contributed by atoms with E-state index in [1.54, 1.807) is 13.0 Å². The molecule has 2 aromatic rings. The lowest BCUT2D eigenvalue weighted by Crippen LogP contribution is -2.40. The first-order chi connectivity index (χ1) is 18.4. The number of anilines is 1. The van der Waals surface area contributed by atoms with Crippen LogP contribution < -0.4 is 16.2 Å². The third-order valence-electron chi connectivity index (χ3n) is 8.27. The van der Waals surface area contributed by atoms with Gasteiger partial charge in [0, 0.05) is 18.3 Å². The van der Waals surface area contributed by atoms with Gasteiger partial charge in [-0.2, -0.15) is 13.2 Å². The second kappa shape index (κ2) is 10.2. The molecule has 212 valence electrons. The zero-order chi connectivity index (χ0) is 28.1. The molecule has 1 atom stereocenters. The average Bonchev–Trinajstić information content (AvgIpc) is 3.79. The lowest BCUT2D eigenvalue weighted by atomic mass is 9.97. The van der Waals surface area contributed by atoms with E-state index < -0.39 is 41.2 Å². The summed E-state index contributed by atoms with van der Waals surface area (Å²) < 4.78 is 70.0. The van der Waals surface area contributed by atoms with Gasteiger partial charge in [0.05, 0.1) is 22.9 Å². The molecule has 3 aliphatic rings. The van der Waals surface area contributed by atoms with Gasteiger partial charge in [0.15, 0.2) is 0 Å². The minimum atomic E-state index is -4.52. The molecule has 0 radical (unpaired) electrons. The number of hydrogen-bond donors (Lipinski definition) is 2. The molecule has 1 aromatic heterocycles. The Morgan fingerprint density at radius 1 is 1.08 bits per heavy atom. The van der Waals surface area contributed by atoms with Gasteiger partial charge in [0.25, 0.3) is 17.9 Å². The molecule has 2 aliphatic carbocycles. The Labute approximate surface area is 223 Å². The number of halogens is 5. The van der Waals surface area contributed by atoms with E-state index in [0.717, 1.165) is 49.4 Å². The lowest BCUT2D eigenvalue weighted by molar-refractivity contribution is -0.138. The second-order valence-electron chi connectivity index (χ2n) is 11.2. The molecule has 6 nitrogen and oxygen atoms in total. The first kappa shape index (κ1) is 27.6. The number of rotatable bonds is 8. The Kier molecular flexibility index (Phi) is 7.24. The van der Waals surface area contributed by atoms with Gasteiger partial charge in [0.2, 0.25) is 0 Å². The van der Waals surface area contributed by atoms with Crippen molar-refractivity contribution in [1.82, 2.24) is 14.8 Å². The largest absolute Gasteiger partial charge is 0.416 e. The molecule has 1 aliphatic heterocycles. The second-order valence-corrected chi connectivity index (χ2v) is 11.2. The fraction of sp³-hybridized carbons (Fsp3) is 0.571. The van der Waals surface area contributed by atoms with Gasteiger partial charge in [-0.25, -0.2) is 8.78 Å². The summed E-state index contributed by atoms with van der Waals surface area (Å²) in [6.45, 7) is 3.21. The standard InChI is InChI=1S/C28H33F5N4O2/c1-16(18-5-6-20(17-3-4-17)22(13-18)28(31,32)33)34-25(39)21-15-37(27(9-10-27)26(29)30)24(38)14-23(21)35-19-7-11-36(2)12-8-19/h5-6,13-17,19,26,35H,3-4,7-12H2,1-2H3,(H,34,39). The highest BCUT2D eigenvalue weighted by Gasteiger charge is 2.53. The van der Waals surface area contributed by atoms with E-state index in [1.807, 2.05) is 7.05 Å². The zero-order valence-corrected chi connectivity index (χ0v) is 22.0. The van der Waals surface area contributed by atoms with Crippen molar-refractivity contribution in [2.75, 3.05) is 25.5 Å². The minimum Gasteiger partial charge on any atom is -0.381 e. The molecule has 39 heavy (non-hydrogen) atoms. The van der Waals surface area contributed by atoms with Crippen molar-refractivity contribution in [3.8, 4) is 0 Å². The number of alkyl halides is 5. The maximum Gasteiger partial charge on any atom is 0.416 e. The van der Waals surface area contributed by atoms with Crippen molar-refractivity contribution in [3.63, 3.8) is 0 Å². The van der Waals surface area contributed by atoms with Gasteiger partial charge in [-0.05, 0) is 88.7 Å². The normalized spacial score (nSPS) is 20.6. The van der Waals surface area contributed by atoms with E-state index >= 15 is 0 Å². The Morgan fingerprint density at radius 3 is 2.31 bits per heavy atom. The van der Waals surface area contributed by atoms with Crippen LogP contribution in [0.4, 0.5) is 27.6 Å². The van der Waals surface area contributed by atoms with E-state index in [-0.39, 0.29) is 47.2 Å². The van der Waals surface area contributed by atoms with Crippen LogP contribution >= 0.6 is 0 Å². The quantitative estimate of drug-likeness (QED) is 0.425. The highest BCUT2D eigenvalue weighted by Crippen LogP contribution is 2.48. The van der Waals surface area contributed by atoms with Crippen molar-refractivity contribution < 1.29 is 26.7 Å². The Morgan fingerprint density at radius 2 is 1.74 bits per heavy atom. The van der Waals surface area contributed by atoms with E-state index in [0.29, 0.717) is 0 Å². The summed E-state index contributed by atoms with van der Waals surface area (Å²) in [7, 11) is 2.00. The van der Waals surface area contributed by atoms with Crippen molar-refractivity contribution in [2.45, 2.75) is 81.6 Å². The van der Waals surface area contributed by atoms with Crippen LogP contribution in [-0.2, 0) is 11.7 Å². The number of piperidine rings is 1. The summed E-state index contributed by atoms with van der Waals surface area (Å²) in [5, 5.41) is 5.98. The summed E-state index contributed by atoms with van der Waals surface area (Å²) >= 11 is 0. The molecule has 0 spiro atoms. The van der Waals surface area contributed by atoms with Crippen LogP contribution in [0.25, 0.3) is 0 Å². The van der Waals surface area contributed by atoms with Crippen LogP contribution in [0, 0.1) is 0 Å². The maximum absolute atomic E-state index is 13.9. The SMILES string of the molecule is CC(NC(=O)c1cn(C2(C(F)F)CC2)c(=O)cc1NC1CCN(C)CC1)c1ccc(C2CC2)c(C(F)(F)F)c1. The molecule has 1 unspecified atom stereocenters. The number of pyridine rings is 1. The zero-order valence-electron chi connectivity index (χ0n) is 22.0. The molecule has 2 saturated carbocycles. The highest BCUT2D eigenvalue weighted by atomic mass is 19.4. The van der Waals surface area contributed by atoms with Crippen LogP contribution in [0.1, 0.15) is 84.5 Å². The highest BCUT2D eigenvalue weighted by molar-refractivity contribution is 5.99. The average molecular weight is 553 g/mol. The number of hydrogen-bond acceptors (Lipinski definition) is 4. The summed E-state index contributed by atoms with van der Waals surface area (Å²) in [6, 6.07) is 4.51. The first-order valence-electron chi connectivity index (χ1n) is 13.4. The number of nitrogens with zero attached hydrogens (tertiary/aromatic N) is 2. The predicted octanol–water partition coefficient (Wildman–Crippen LogP) is 5.50. The smallest absolute Gasteiger partial charge is 0.381 e.